The van der Waals surface area contributed by atoms with Gasteiger partial charge in [-0.2, -0.15) is 16.5 Å². The SMILES string of the molecule is CSCCC(NS(=O)(=O)c1ccccc1F)C(=O)Nc1cccc(OC(F)(F)F)c1. The van der Waals surface area contributed by atoms with Gasteiger partial charge in [0.2, 0.25) is 15.9 Å². The Kier molecular flexibility index (Phi) is 8.10. The normalized spacial score (nSPS) is 13.0. The first kappa shape index (κ1) is 24.0. The number of carbonyl (C=O) groups is 1. The zero-order chi connectivity index (χ0) is 22.4. The molecule has 1 unspecified atom stereocenters. The number of amides is 1. The van der Waals surface area contributed by atoms with Crippen molar-refractivity contribution in [1.29, 1.82) is 0 Å². The molecule has 2 aromatic rings. The number of carbonyl (C=O) groups excluding carboxylic acids is 1. The van der Waals surface area contributed by atoms with E-state index in [1.807, 2.05) is 0 Å². The Morgan fingerprint density at radius 2 is 1.87 bits per heavy atom. The minimum absolute atomic E-state index is 0.0269. The quantitative estimate of drug-likeness (QED) is 0.550. The van der Waals surface area contributed by atoms with Crippen molar-refractivity contribution in [2.24, 2.45) is 0 Å². The van der Waals surface area contributed by atoms with Gasteiger partial charge in [-0.15, -0.1) is 13.2 Å². The maximum atomic E-state index is 13.9. The molecule has 30 heavy (non-hydrogen) atoms. The zero-order valence-corrected chi connectivity index (χ0v) is 17.2. The number of rotatable bonds is 9. The van der Waals surface area contributed by atoms with E-state index >= 15 is 0 Å². The van der Waals surface area contributed by atoms with Crippen molar-refractivity contribution in [2.75, 3.05) is 17.3 Å². The molecule has 0 fully saturated rings. The molecule has 2 N–H and O–H groups in total. The summed E-state index contributed by atoms with van der Waals surface area (Å²) in [5.74, 6) is -1.94. The molecule has 0 radical (unpaired) electrons. The highest BCUT2D eigenvalue weighted by molar-refractivity contribution is 7.98. The van der Waals surface area contributed by atoms with Crippen molar-refractivity contribution in [3.8, 4) is 5.75 Å². The number of benzene rings is 2. The molecule has 0 aliphatic heterocycles. The van der Waals surface area contributed by atoms with Gasteiger partial charge >= 0.3 is 6.36 Å². The topological polar surface area (TPSA) is 84.5 Å². The Hall–Kier alpha value is -2.31. The fourth-order valence-electron chi connectivity index (χ4n) is 2.39. The first-order valence-corrected chi connectivity index (χ1v) is 11.3. The van der Waals surface area contributed by atoms with E-state index in [0.717, 1.165) is 24.3 Å². The number of anilines is 1. The summed E-state index contributed by atoms with van der Waals surface area (Å²) in [6, 6.07) is 7.95. The smallest absolute Gasteiger partial charge is 0.406 e. The molecular weight excluding hydrogens is 448 g/mol. The van der Waals surface area contributed by atoms with Crippen LogP contribution in [0.3, 0.4) is 0 Å². The lowest BCUT2D eigenvalue weighted by atomic mass is 10.2. The maximum absolute atomic E-state index is 13.9. The van der Waals surface area contributed by atoms with Crippen molar-refractivity contribution >= 4 is 33.4 Å². The van der Waals surface area contributed by atoms with Crippen molar-refractivity contribution in [2.45, 2.75) is 23.7 Å². The summed E-state index contributed by atoms with van der Waals surface area (Å²) < 4.78 is 81.9. The lowest BCUT2D eigenvalue weighted by Gasteiger charge is -2.19. The van der Waals surface area contributed by atoms with Gasteiger partial charge < -0.3 is 10.1 Å². The standard InChI is InChI=1S/C18H18F4N2O4S2/c1-29-10-9-15(24-30(26,27)16-8-3-2-7-14(16)19)17(25)23-12-5-4-6-13(11-12)28-18(20,21)22/h2-8,11,15,24H,9-10H2,1H3,(H,23,25). The highest BCUT2D eigenvalue weighted by atomic mass is 32.2. The average Bonchev–Trinajstić information content (AvgIpc) is 2.64. The number of ether oxygens (including phenoxy) is 1. The molecular formula is C18H18F4N2O4S2. The summed E-state index contributed by atoms with van der Waals surface area (Å²) in [5, 5.41) is 2.35. The Morgan fingerprint density at radius 3 is 2.50 bits per heavy atom. The van der Waals surface area contributed by atoms with Gasteiger partial charge in [-0.1, -0.05) is 18.2 Å². The minimum Gasteiger partial charge on any atom is -0.406 e. The lowest BCUT2D eigenvalue weighted by Crippen LogP contribution is -2.44. The molecule has 0 aliphatic carbocycles. The van der Waals surface area contributed by atoms with Crippen molar-refractivity contribution < 1.29 is 35.5 Å². The fourth-order valence-corrected chi connectivity index (χ4v) is 4.17. The number of sulfonamides is 1. The zero-order valence-electron chi connectivity index (χ0n) is 15.6. The van der Waals surface area contributed by atoms with Gasteiger partial charge in [-0.3, -0.25) is 4.79 Å². The summed E-state index contributed by atoms with van der Waals surface area (Å²) in [4.78, 5) is 12.0. The summed E-state index contributed by atoms with van der Waals surface area (Å²) in [5.41, 5.74) is -0.0269. The molecule has 0 spiro atoms. The summed E-state index contributed by atoms with van der Waals surface area (Å²) in [6.45, 7) is 0. The molecule has 164 valence electrons. The van der Waals surface area contributed by atoms with Crippen LogP contribution >= 0.6 is 11.8 Å². The predicted molar refractivity (Wildman–Crippen MR) is 105 cm³/mol. The summed E-state index contributed by atoms with van der Waals surface area (Å²) in [7, 11) is -4.36. The largest absolute Gasteiger partial charge is 0.573 e. The number of hydrogen-bond acceptors (Lipinski definition) is 5. The van der Waals surface area contributed by atoms with Crippen LogP contribution in [0.5, 0.6) is 5.75 Å². The van der Waals surface area contributed by atoms with Crippen molar-refractivity contribution in [3.63, 3.8) is 0 Å². The molecule has 0 saturated heterocycles. The van der Waals surface area contributed by atoms with E-state index in [2.05, 4.69) is 14.8 Å². The molecule has 0 heterocycles. The monoisotopic (exact) mass is 466 g/mol. The van der Waals surface area contributed by atoms with Crippen LogP contribution in [0.15, 0.2) is 53.4 Å². The van der Waals surface area contributed by atoms with Gasteiger partial charge in [0, 0.05) is 11.8 Å². The molecule has 0 saturated carbocycles. The molecule has 0 bridgehead atoms. The van der Waals surface area contributed by atoms with Crippen LogP contribution < -0.4 is 14.8 Å². The Bertz CT molecular complexity index is 984. The third-order valence-electron chi connectivity index (χ3n) is 3.69. The summed E-state index contributed by atoms with van der Waals surface area (Å²) >= 11 is 1.35. The molecule has 2 aromatic carbocycles. The number of alkyl halides is 3. The van der Waals surface area contributed by atoms with Crippen LogP contribution in [0.25, 0.3) is 0 Å². The second-order valence-corrected chi connectivity index (χ2v) is 8.62. The minimum atomic E-state index is -4.90. The van der Waals surface area contributed by atoms with Crippen LogP contribution in [0.4, 0.5) is 23.2 Å². The second-order valence-electron chi connectivity index (χ2n) is 5.95. The summed E-state index contributed by atoms with van der Waals surface area (Å²) in [6.07, 6.45) is -3.09. The number of nitrogens with one attached hydrogen (secondary N) is 2. The second kappa shape index (κ2) is 10.1. The van der Waals surface area contributed by atoms with E-state index in [-0.39, 0.29) is 12.1 Å². The maximum Gasteiger partial charge on any atom is 0.573 e. The lowest BCUT2D eigenvalue weighted by molar-refractivity contribution is -0.274. The van der Waals surface area contributed by atoms with E-state index in [9.17, 15) is 30.8 Å². The molecule has 0 aromatic heterocycles. The third-order valence-corrected chi connectivity index (χ3v) is 5.83. The van der Waals surface area contributed by atoms with E-state index in [4.69, 9.17) is 0 Å². The first-order valence-electron chi connectivity index (χ1n) is 8.44. The van der Waals surface area contributed by atoms with Gasteiger partial charge in [0.15, 0.2) is 0 Å². The van der Waals surface area contributed by atoms with Crippen LogP contribution in [-0.2, 0) is 14.8 Å². The van der Waals surface area contributed by atoms with E-state index in [1.54, 1.807) is 6.26 Å². The number of halogens is 4. The van der Waals surface area contributed by atoms with Gasteiger partial charge in [0.1, 0.15) is 22.5 Å². The highest BCUT2D eigenvalue weighted by Crippen LogP contribution is 2.25. The predicted octanol–water partition coefficient (Wildman–Crippen LogP) is 3.76. The molecule has 2 rings (SSSR count). The van der Waals surface area contributed by atoms with Crippen LogP contribution in [0, 0.1) is 5.82 Å². The fraction of sp³-hybridized carbons (Fsp3) is 0.278. The molecule has 1 amide bonds. The first-order chi connectivity index (χ1) is 14.0. The Labute approximate surface area is 175 Å². The molecule has 12 heteroatoms. The van der Waals surface area contributed by atoms with Gasteiger partial charge in [0.05, 0.1) is 0 Å². The van der Waals surface area contributed by atoms with E-state index in [1.165, 1.54) is 36.0 Å². The van der Waals surface area contributed by atoms with Crippen LogP contribution in [-0.4, -0.2) is 38.7 Å². The number of thioether (sulfide) groups is 1. The van der Waals surface area contributed by atoms with Crippen molar-refractivity contribution in [3.05, 3.63) is 54.3 Å². The molecule has 0 aliphatic rings. The average molecular weight is 466 g/mol. The third kappa shape index (κ3) is 7.18. The Balaban J connectivity index is 2.20. The van der Waals surface area contributed by atoms with Crippen LogP contribution in [0.2, 0.25) is 0 Å². The molecule has 1 atom stereocenters. The molecule has 6 nitrogen and oxygen atoms in total. The van der Waals surface area contributed by atoms with Crippen LogP contribution in [0.1, 0.15) is 6.42 Å². The van der Waals surface area contributed by atoms with Gasteiger partial charge in [-0.25, -0.2) is 12.8 Å². The highest BCUT2D eigenvalue weighted by Gasteiger charge is 2.31. The van der Waals surface area contributed by atoms with Gasteiger partial charge in [-0.05, 0) is 42.7 Å². The van der Waals surface area contributed by atoms with E-state index < -0.39 is 44.8 Å². The van der Waals surface area contributed by atoms with E-state index in [0.29, 0.717) is 5.75 Å². The number of hydrogen-bond donors (Lipinski definition) is 2. The van der Waals surface area contributed by atoms with Gasteiger partial charge in [0.25, 0.3) is 0 Å². The Morgan fingerprint density at radius 1 is 1.17 bits per heavy atom. The van der Waals surface area contributed by atoms with Crippen molar-refractivity contribution in [1.82, 2.24) is 4.72 Å².